The van der Waals surface area contributed by atoms with Gasteiger partial charge >= 0.3 is 0 Å². The van der Waals surface area contributed by atoms with Gasteiger partial charge < -0.3 is 9.84 Å². The highest BCUT2D eigenvalue weighted by Crippen LogP contribution is 2.42. The Morgan fingerprint density at radius 3 is 2.38 bits per heavy atom. The highest BCUT2D eigenvalue weighted by atomic mass is 19.1. The molecule has 0 radical (unpaired) electrons. The zero-order valence-electron chi connectivity index (χ0n) is 19.1. The van der Waals surface area contributed by atoms with Crippen LogP contribution >= 0.6 is 0 Å². The molecule has 174 valence electrons. The highest BCUT2D eigenvalue weighted by molar-refractivity contribution is 6.15. The normalized spacial score (nSPS) is 17.7. The van der Waals surface area contributed by atoms with Crippen molar-refractivity contribution >= 4 is 11.9 Å². The minimum Gasteiger partial charge on any atom is -0.507 e. The summed E-state index contributed by atoms with van der Waals surface area (Å²) in [4.78, 5) is 17.8. The van der Waals surface area contributed by atoms with Crippen molar-refractivity contribution in [3.63, 3.8) is 0 Å². The number of piperazine rings is 1. The summed E-state index contributed by atoms with van der Waals surface area (Å²) in [6.45, 7) is 6.77. The Morgan fingerprint density at radius 1 is 0.971 bits per heavy atom. The molecule has 1 fully saturated rings. The molecule has 1 N–H and O–H groups in total. The Hall–Kier alpha value is -3.48. The fourth-order valence-electron chi connectivity index (χ4n) is 4.65. The molecule has 0 amide bonds. The van der Waals surface area contributed by atoms with Crippen LogP contribution in [0.4, 0.5) is 4.39 Å². The van der Waals surface area contributed by atoms with Gasteiger partial charge in [0.15, 0.2) is 5.76 Å². The molecule has 34 heavy (non-hydrogen) atoms. The number of ether oxygens (including phenoxy) is 1. The van der Waals surface area contributed by atoms with Gasteiger partial charge in [-0.3, -0.25) is 14.6 Å². The Bertz CT molecular complexity index is 1250. The molecule has 0 saturated carbocycles. The van der Waals surface area contributed by atoms with Crippen LogP contribution in [0, 0.1) is 12.7 Å². The second-order valence-electron chi connectivity index (χ2n) is 8.93. The fraction of sp³-hybridized carbons (Fsp3) is 0.250. The number of aryl methyl sites for hydroxylation is 1. The van der Waals surface area contributed by atoms with Crippen molar-refractivity contribution in [2.75, 3.05) is 26.2 Å². The fourth-order valence-corrected chi connectivity index (χ4v) is 4.65. The topological polar surface area (TPSA) is 53.0 Å². The Morgan fingerprint density at radius 2 is 1.68 bits per heavy atom. The van der Waals surface area contributed by atoms with E-state index < -0.39 is 0 Å². The molecule has 2 heterocycles. The standard InChI is InChI=1S/C28H27FN2O3/c1-19-14-24(32)23(18-31-12-10-30(11-13-31)17-20-6-3-2-4-7-20)28-26(19)27(33)25(34-28)16-21-8-5-9-22(29)15-21/h2-9,14-16,32H,10-13,17-18H2,1H3/b25-16-. The summed E-state index contributed by atoms with van der Waals surface area (Å²) in [5, 5.41) is 10.7. The second-order valence-corrected chi connectivity index (χ2v) is 8.93. The maximum Gasteiger partial charge on any atom is 0.232 e. The van der Waals surface area contributed by atoms with Gasteiger partial charge in [0.2, 0.25) is 5.78 Å². The monoisotopic (exact) mass is 458 g/mol. The molecule has 0 aromatic heterocycles. The number of nitrogens with zero attached hydrogens (tertiary/aromatic N) is 2. The van der Waals surface area contributed by atoms with Crippen LogP contribution in [0.3, 0.4) is 0 Å². The summed E-state index contributed by atoms with van der Waals surface area (Å²) in [6, 6.07) is 18.1. The third kappa shape index (κ3) is 4.60. The predicted molar refractivity (Wildman–Crippen MR) is 129 cm³/mol. The van der Waals surface area contributed by atoms with Crippen LogP contribution in [0.15, 0.2) is 66.4 Å². The third-order valence-corrected chi connectivity index (χ3v) is 6.46. The number of carbonyl (C=O) groups is 1. The van der Waals surface area contributed by atoms with Gasteiger partial charge in [0.05, 0.1) is 11.1 Å². The van der Waals surface area contributed by atoms with Crippen LogP contribution in [0.1, 0.15) is 32.6 Å². The maximum atomic E-state index is 13.6. The quantitative estimate of drug-likeness (QED) is 0.558. The smallest absolute Gasteiger partial charge is 0.232 e. The number of benzene rings is 3. The van der Waals surface area contributed by atoms with E-state index in [4.69, 9.17) is 4.74 Å². The van der Waals surface area contributed by atoms with E-state index in [0.717, 1.165) is 32.7 Å². The molecule has 0 aliphatic carbocycles. The molecular formula is C28H27FN2O3. The molecule has 3 aromatic rings. The number of ketones is 1. The van der Waals surface area contributed by atoms with Crippen molar-refractivity contribution in [2.24, 2.45) is 0 Å². The molecule has 3 aromatic carbocycles. The van der Waals surface area contributed by atoms with Crippen molar-refractivity contribution in [1.82, 2.24) is 9.80 Å². The van der Waals surface area contributed by atoms with E-state index in [2.05, 4.69) is 34.1 Å². The lowest BCUT2D eigenvalue weighted by atomic mass is 9.99. The van der Waals surface area contributed by atoms with Gasteiger partial charge in [0.25, 0.3) is 0 Å². The van der Waals surface area contributed by atoms with Crippen molar-refractivity contribution in [1.29, 1.82) is 0 Å². The number of fused-ring (bicyclic) bond motifs is 1. The molecular weight excluding hydrogens is 431 g/mol. The second kappa shape index (κ2) is 9.41. The van der Waals surface area contributed by atoms with Gasteiger partial charge in [-0.15, -0.1) is 0 Å². The number of hydrogen-bond donors (Lipinski definition) is 1. The average Bonchev–Trinajstić information content (AvgIpc) is 3.14. The van der Waals surface area contributed by atoms with Crippen LogP contribution in [0.5, 0.6) is 11.5 Å². The molecule has 0 unspecified atom stereocenters. The van der Waals surface area contributed by atoms with Gasteiger partial charge in [-0.25, -0.2) is 4.39 Å². The number of phenolic OH excluding ortho intramolecular Hbond substituents is 1. The van der Waals surface area contributed by atoms with E-state index in [-0.39, 0.29) is 23.1 Å². The van der Waals surface area contributed by atoms with Crippen LogP contribution in [-0.4, -0.2) is 46.9 Å². The minimum atomic E-state index is -0.377. The predicted octanol–water partition coefficient (Wildman–Crippen LogP) is 4.77. The number of aromatic hydroxyl groups is 1. The van der Waals surface area contributed by atoms with E-state index >= 15 is 0 Å². The van der Waals surface area contributed by atoms with Gasteiger partial charge in [-0.1, -0.05) is 42.5 Å². The number of Topliss-reactive ketones (excluding diaryl/α,β-unsaturated/α-hetero) is 1. The van der Waals surface area contributed by atoms with Crippen LogP contribution in [-0.2, 0) is 13.1 Å². The summed E-state index contributed by atoms with van der Waals surface area (Å²) < 4.78 is 19.6. The number of carbonyl (C=O) groups excluding carboxylic acids is 1. The van der Waals surface area contributed by atoms with E-state index in [9.17, 15) is 14.3 Å². The van der Waals surface area contributed by atoms with Crippen molar-refractivity contribution in [3.8, 4) is 11.5 Å². The van der Waals surface area contributed by atoms with Crippen LogP contribution in [0.2, 0.25) is 0 Å². The molecule has 0 spiro atoms. The zero-order chi connectivity index (χ0) is 23.7. The molecule has 6 heteroatoms. The van der Waals surface area contributed by atoms with E-state index in [1.165, 1.54) is 17.7 Å². The molecule has 1 saturated heterocycles. The lowest BCUT2D eigenvalue weighted by molar-refractivity contribution is 0.101. The first-order chi connectivity index (χ1) is 16.5. The van der Waals surface area contributed by atoms with E-state index in [1.807, 2.05) is 6.07 Å². The van der Waals surface area contributed by atoms with Gasteiger partial charge in [-0.05, 0) is 47.9 Å². The Labute approximate surface area is 198 Å². The Balaban J connectivity index is 1.32. The molecule has 2 aliphatic rings. The highest BCUT2D eigenvalue weighted by Gasteiger charge is 2.34. The third-order valence-electron chi connectivity index (χ3n) is 6.46. The SMILES string of the molecule is Cc1cc(O)c(CN2CCN(Cc3ccccc3)CC2)c2c1C(=O)/C(=C/c1cccc(F)c1)O2. The number of hydrogen-bond acceptors (Lipinski definition) is 5. The largest absolute Gasteiger partial charge is 0.507 e. The molecule has 5 nitrogen and oxygen atoms in total. The summed E-state index contributed by atoms with van der Waals surface area (Å²) in [5.41, 5.74) is 3.60. The first-order valence-electron chi connectivity index (χ1n) is 11.5. The summed E-state index contributed by atoms with van der Waals surface area (Å²) in [5.74, 6) is 0.0618. The lowest BCUT2D eigenvalue weighted by Gasteiger charge is -2.35. The number of allylic oxidation sites excluding steroid dienone is 1. The van der Waals surface area contributed by atoms with Crippen molar-refractivity contribution in [2.45, 2.75) is 20.0 Å². The van der Waals surface area contributed by atoms with Crippen LogP contribution < -0.4 is 4.74 Å². The van der Waals surface area contributed by atoms with Crippen molar-refractivity contribution in [3.05, 3.63) is 100 Å². The number of halogens is 1. The lowest BCUT2D eigenvalue weighted by Crippen LogP contribution is -2.45. The van der Waals surface area contributed by atoms with Gasteiger partial charge in [-0.2, -0.15) is 0 Å². The number of phenols is 1. The summed E-state index contributed by atoms with van der Waals surface area (Å²) in [7, 11) is 0. The molecule has 5 rings (SSSR count). The zero-order valence-corrected chi connectivity index (χ0v) is 19.1. The summed E-state index contributed by atoms with van der Waals surface area (Å²) >= 11 is 0. The van der Waals surface area contributed by atoms with Gasteiger partial charge in [0.1, 0.15) is 17.3 Å². The average molecular weight is 459 g/mol. The first-order valence-corrected chi connectivity index (χ1v) is 11.5. The summed E-state index contributed by atoms with van der Waals surface area (Å²) in [6.07, 6.45) is 1.55. The first kappa shape index (κ1) is 22.3. The van der Waals surface area contributed by atoms with Crippen LogP contribution in [0.25, 0.3) is 6.08 Å². The molecule has 2 aliphatic heterocycles. The Kier molecular flexibility index (Phi) is 6.18. The van der Waals surface area contributed by atoms with Crippen molar-refractivity contribution < 1.29 is 19.0 Å². The van der Waals surface area contributed by atoms with Gasteiger partial charge in [0, 0.05) is 39.3 Å². The maximum absolute atomic E-state index is 13.6. The van der Waals surface area contributed by atoms with E-state index in [0.29, 0.717) is 34.5 Å². The molecule has 0 atom stereocenters. The molecule has 0 bridgehead atoms. The minimum absolute atomic E-state index is 0.128. The van der Waals surface area contributed by atoms with E-state index in [1.54, 1.807) is 31.2 Å². The number of rotatable bonds is 5.